The first kappa shape index (κ1) is 17.2. The Kier molecular flexibility index (Phi) is 5.17. The van der Waals surface area contributed by atoms with Crippen LogP contribution in [0.15, 0.2) is 42.5 Å². The average molecular weight is 450 g/mol. The topological polar surface area (TPSA) is 103 Å². The molecule has 0 saturated heterocycles. The summed E-state index contributed by atoms with van der Waals surface area (Å²) in [5, 5.41) is 10.2. The Morgan fingerprint density at radius 3 is 2.68 bits per heavy atom. The van der Waals surface area contributed by atoms with Crippen LogP contribution >= 0.6 is 22.6 Å². The van der Waals surface area contributed by atoms with E-state index in [1.807, 2.05) is 36.4 Å². The number of amides is 1. The van der Waals surface area contributed by atoms with Crippen LogP contribution in [0.1, 0.15) is 16.1 Å². The molecular weight excluding hydrogens is 435 g/mol. The number of aromatic amines is 1. The smallest absolute Gasteiger partial charge is 0.271 e. The Bertz CT molecular complexity index is 896. The van der Waals surface area contributed by atoms with Gasteiger partial charge in [0.25, 0.3) is 5.91 Å². The van der Waals surface area contributed by atoms with Crippen molar-refractivity contribution >= 4 is 28.5 Å². The van der Waals surface area contributed by atoms with Gasteiger partial charge < -0.3 is 15.2 Å². The standard InChI is InChI=1S/C17H15IN4O3/c1-24-13-8-11(14-15(17(19)23)21-22-20-14)7-12(18)16(13)25-9-10-5-3-2-4-6-10/h2-8H,9H2,1H3,(H2,19,23)(H,20,21,22). The molecule has 0 atom stereocenters. The number of nitrogens with one attached hydrogen (secondary N) is 1. The molecular formula is C17H15IN4O3. The van der Waals surface area contributed by atoms with Crippen LogP contribution in [0.3, 0.4) is 0 Å². The number of hydrogen-bond acceptors (Lipinski definition) is 5. The van der Waals surface area contributed by atoms with Gasteiger partial charge in [0.1, 0.15) is 12.3 Å². The first-order valence-electron chi connectivity index (χ1n) is 7.35. The van der Waals surface area contributed by atoms with Crippen LogP contribution in [-0.4, -0.2) is 28.4 Å². The highest BCUT2D eigenvalue weighted by Crippen LogP contribution is 2.37. The fourth-order valence-electron chi connectivity index (χ4n) is 2.33. The van der Waals surface area contributed by atoms with Gasteiger partial charge in [-0.05, 0) is 40.3 Å². The Balaban J connectivity index is 1.93. The zero-order valence-corrected chi connectivity index (χ0v) is 15.5. The molecule has 7 nitrogen and oxygen atoms in total. The minimum absolute atomic E-state index is 0.0795. The summed E-state index contributed by atoms with van der Waals surface area (Å²) in [6.45, 7) is 0.420. The number of carbonyl (C=O) groups is 1. The van der Waals surface area contributed by atoms with Crippen molar-refractivity contribution < 1.29 is 14.3 Å². The van der Waals surface area contributed by atoms with Crippen LogP contribution in [0, 0.1) is 3.57 Å². The van der Waals surface area contributed by atoms with Gasteiger partial charge in [-0.15, -0.1) is 0 Å². The number of methoxy groups -OCH3 is 1. The molecule has 0 bridgehead atoms. The zero-order chi connectivity index (χ0) is 17.8. The molecule has 0 fully saturated rings. The van der Waals surface area contributed by atoms with Crippen molar-refractivity contribution in [3.05, 3.63) is 57.3 Å². The van der Waals surface area contributed by atoms with E-state index < -0.39 is 5.91 Å². The van der Waals surface area contributed by atoms with Crippen molar-refractivity contribution in [2.24, 2.45) is 5.73 Å². The Hall–Kier alpha value is -2.62. The Morgan fingerprint density at radius 2 is 2.00 bits per heavy atom. The van der Waals surface area contributed by atoms with Crippen molar-refractivity contribution in [2.45, 2.75) is 6.61 Å². The first-order chi connectivity index (χ1) is 12.1. The summed E-state index contributed by atoms with van der Waals surface area (Å²) in [5.74, 6) is 0.512. The van der Waals surface area contributed by atoms with E-state index in [0.29, 0.717) is 29.4 Å². The molecule has 1 amide bonds. The SMILES string of the molecule is COc1cc(-c2n[nH]nc2C(N)=O)cc(I)c1OCc1ccccc1. The maximum absolute atomic E-state index is 11.5. The van der Waals surface area contributed by atoms with Gasteiger partial charge in [0, 0.05) is 5.56 Å². The molecule has 0 radical (unpaired) electrons. The average Bonchev–Trinajstić information content (AvgIpc) is 3.11. The van der Waals surface area contributed by atoms with Crippen LogP contribution in [0.5, 0.6) is 11.5 Å². The van der Waals surface area contributed by atoms with E-state index in [1.165, 1.54) is 0 Å². The molecule has 3 rings (SSSR count). The Labute approximate surface area is 157 Å². The summed E-state index contributed by atoms with van der Waals surface area (Å²) >= 11 is 2.15. The van der Waals surface area contributed by atoms with Gasteiger partial charge in [-0.3, -0.25) is 4.79 Å². The molecule has 0 aliphatic heterocycles. The van der Waals surface area contributed by atoms with E-state index in [-0.39, 0.29) is 5.69 Å². The molecule has 25 heavy (non-hydrogen) atoms. The van der Waals surface area contributed by atoms with Gasteiger partial charge >= 0.3 is 0 Å². The van der Waals surface area contributed by atoms with E-state index >= 15 is 0 Å². The lowest BCUT2D eigenvalue weighted by Crippen LogP contribution is -2.12. The highest BCUT2D eigenvalue weighted by Gasteiger charge is 2.19. The van der Waals surface area contributed by atoms with Gasteiger partial charge in [-0.1, -0.05) is 30.3 Å². The number of rotatable bonds is 6. The van der Waals surface area contributed by atoms with Crippen LogP contribution in [0.25, 0.3) is 11.3 Å². The lowest BCUT2D eigenvalue weighted by atomic mass is 10.1. The van der Waals surface area contributed by atoms with Crippen LogP contribution in [0.4, 0.5) is 0 Å². The van der Waals surface area contributed by atoms with Gasteiger partial charge in [0.2, 0.25) is 0 Å². The van der Waals surface area contributed by atoms with Crippen LogP contribution < -0.4 is 15.2 Å². The predicted octanol–water partition coefficient (Wildman–Crippen LogP) is 2.76. The summed E-state index contributed by atoms with van der Waals surface area (Å²) in [5.41, 5.74) is 7.50. The lowest BCUT2D eigenvalue weighted by molar-refractivity contribution is 0.0996. The molecule has 1 aromatic heterocycles. The maximum atomic E-state index is 11.5. The van der Waals surface area contributed by atoms with E-state index in [2.05, 4.69) is 38.0 Å². The van der Waals surface area contributed by atoms with Gasteiger partial charge in [0.15, 0.2) is 17.2 Å². The van der Waals surface area contributed by atoms with Crippen molar-refractivity contribution in [3.8, 4) is 22.8 Å². The lowest BCUT2D eigenvalue weighted by Gasteiger charge is -2.14. The summed E-state index contributed by atoms with van der Waals surface area (Å²) in [4.78, 5) is 11.5. The minimum atomic E-state index is -0.651. The third-order valence-electron chi connectivity index (χ3n) is 3.51. The highest BCUT2D eigenvalue weighted by molar-refractivity contribution is 14.1. The number of ether oxygens (including phenoxy) is 2. The highest BCUT2D eigenvalue weighted by atomic mass is 127. The number of hydrogen-bond donors (Lipinski definition) is 2. The molecule has 0 unspecified atom stereocenters. The van der Waals surface area contributed by atoms with Crippen molar-refractivity contribution in [2.75, 3.05) is 7.11 Å². The molecule has 1 heterocycles. The number of halogens is 1. The molecule has 3 N–H and O–H groups in total. The number of aromatic nitrogens is 3. The fraction of sp³-hybridized carbons (Fsp3) is 0.118. The molecule has 0 spiro atoms. The number of carbonyl (C=O) groups excluding carboxylic acids is 1. The summed E-state index contributed by atoms with van der Waals surface area (Å²) < 4.78 is 12.2. The molecule has 0 aliphatic carbocycles. The number of H-pyrrole nitrogens is 1. The quantitative estimate of drug-likeness (QED) is 0.563. The Morgan fingerprint density at radius 1 is 1.24 bits per heavy atom. The summed E-state index contributed by atoms with van der Waals surface area (Å²) in [6, 6.07) is 13.4. The third-order valence-corrected chi connectivity index (χ3v) is 4.31. The van der Waals surface area contributed by atoms with Gasteiger partial charge in [0.05, 0.1) is 10.7 Å². The molecule has 2 aromatic carbocycles. The molecule has 3 aromatic rings. The number of primary amides is 1. The number of nitrogens with zero attached hydrogens (tertiary/aromatic N) is 2. The second kappa shape index (κ2) is 7.51. The maximum Gasteiger partial charge on any atom is 0.271 e. The fourth-order valence-corrected chi connectivity index (χ4v) is 3.09. The van der Waals surface area contributed by atoms with Crippen LogP contribution in [0.2, 0.25) is 0 Å². The summed E-state index contributed by atoms with van der Waals surface area (Å²) in [7, 11) is 1.56. The minimum Gasteiger partial charge on any atom is -0.493 e. The second-order valence-electron chi connectivity index (χ2n) is 5.15. The van der Waals surface area contributed by atoms with E-state index in [1.54, 1.807) is 13.2 Å². The zero-order valence-electron chi connectivity index (χ0n) is 13.3. The molecule has 8 heteroatoms. The van der Waals surface area contributed by atoms with E-state index in [0.717, 1.165) is 9.13 Å². The number of benzene rings is 2. The first-order valence-corrected chi connectivity index (χ1v) is 8.43. The van der Waals surface area contributed by atoms with E-state index in [9.17, 15) is 4.79 Å². The molecule has 0 aliphatic rings. The van der Waals surface area contributed by atoms with Crippen molar-refractivity contribution in [1.29, 1.82) is 0 Å². The normalized spacial score (nSPS) is 10.5. The third kappa shape index (κ3) is 3.73. The summed E-state index contributed by atoms with van der Waals surface area (Å²) in [6.07, 6.45) is 0. The van der Waals surface area contributed by atoms with Crippen LogP contribution in [-0.2, 0) is 6.61 Å². The van der Waals surface area contributed by atoms with Crippen molar-refractivity contribution in [1.82, 2.24) is 15.4 Å². The van der Waals surface area contributed by atoms with Gasteiger partial charge in [-0.2, -0.15) is 15.4 Å². The van der Waals surface area contributed by atoms with Gasteiger partial charge in [-0.25, -0.2) is 0 Å². The largest absolute Gasteiger partial charge is 0.493 e. The monoisotopic (exact) mass is 450 g/mol. The van der Waals surface area contributed by atoms with Crippen molar-refractivity contribution in [3.63, 3.8) is 0 Å². The second-order valence-corrected chi connectivity index (χ2v) is 6.31. The predicted molar refractivity (Wildman–Crippen MR) is 100 cm³/mol. The molecule has 128 valence electrons. The number of nitrogens with two attached hydrogens (primary N) is 1. The molecule has 0 saturated carbocycles. The van der Waals surface area contributed by atoms with E-state index in [4.69, 9.17) is 15.2 Å².